The van der Waals surface area contributed by atoms with Crippen LogP contribution >= 0.6 is 0 Å². The number of amides is 1. The number of hydrogen-bond acceptors (Lipinski definition) is 5. The molecule has 1 aliphatic rings. The number of oxime groups is 1. The Morgan fingerprint density at radius 3 is 2.90 bits per heavy atom. The zero-order valence-electron chi connectivity index (χ0n) is 11.4. The van der Waals surface area contributed by atoms with Crippen molar-refractivity contribution >= 4 is 11.6 Å². The fourth-order valence-corrected chi connectivity index (χ4v) is 2.12. The molecule has 108 valence electrons. The normalized spacial score (nSPS) is 17.1. The van der Waals surface area contributed by atoms with Crippen molar-refractivity contribution in [1.29, 1.82) is 0 Å². The first-order valence-electron chi connectivity index (χ1n) is 6.74. The van der Waals surface area contributed by atoms with Crippen LogP contribution in [-0.2, 0) is 22.6 Å². The van der Waals surface area contributed by atoms with E-state index in [1.165, 1.54) is 6.26 Å². The van der Waals surface area contributed by atoms with Gasteiger partial charge in [-0.2, -0.15) is 0 Å². The van der Waals surface area contributed by atoms with Gasteiger partial charge in [-0.05, 0) is 5.56 Å². The van der Waals surface area contributed by atoms with E-state index in [2.05, 4.69) is 15.6 Å². The average molecular weight is 285 g/mol. The largest absolute Gasteiger partial charge is 0.382 e. The van der Waals surface area contributed by atoms with E-state index in [9.17, 15) is 4.79 Å². The average Bonchev–Trinajstić information content (AvgIpc) is 3.17. The predicted octanol–water partition coefficient (Wildman–Crippen LogP) is 1.68. The van der Waals surface area contributed by atoms with Crippen molar-refractivity contribution in [2.45, 2.75) is 25.5 Å². The van der Waals surface area contributed by atoms with Crippen LogP contribution in [0.4, 0.5) is 0 Å². The standard InChI is InChI=1S/C15H15N3O3/c19-15(16-10-12-6-7-20-17-12)14-9-13(18-21-14)8-11-4-2-1-3-5-11/h1-7,14H,8-10H2,(H,16,19). The van der Waals surface area contributed by atoms with Gasteiger partial charge in [-0.15, -0.1) is 0 Å². The molecule has 0 spiro atoms. The maximum absolute atomic E-state index is 12.0. The molecule has 1 amide bonds. The highest BCUT2D eigenvalue weighted by Gasteiger charge is 2.27. The lowest BCUT2D eigenvalue weighted by molar-refractivity contribution is -0.131. The van der Waals surface area contributed by atoms with Gasteiger partial charge in [0.2, 0.25) is 6.10 Å². The van der Waals surface area contributed by atoms with Crippen LogP contribution in [0.25, 0.3) is 0 Å². The number of nitrogens with zero attached hydrogens (tertiary/aromatic N) is 2. The first-order valence-corrected chi connectivity index (χ1v) is 6.74. The van der Waals surface area contributed by atoms with Crippen molar-refractivity contribution in [1.82, 2.24) is 10.5 Å². The number of carbonyl (C=O) groups is 1. The number of nitrogens with one attached hydrogen (secondary N) is 1. The summed E-state index contributed by atoms with van der Waals surface area (Å²) in [5.74, 6) is -0.190. The number of aromatic nitrogens is 1. The highest BCUT2D eigenvalue weighted by atomic mass is 16.6. The van der Waals surface area contributed by atoms with Crippen molar-refractivity contribution in [3.05, 3.63) is 53.9 Å². The monoisotopic (exact) mass is 285 g/mol. The second kappa shape index (κ2) is 6.21. The third kappa shape index (κ3) is 3.47. The van der Waals surface area contributed by atoms with E-state index in [1.54, 1.807) is 6.07 Å². The molecule has 0 radical (unpaired) electrons. The molecule has 1 aromatic carbocycles. The Bertz CT molecular complexity index is 623. The molecule has 0 aliphatic carbocycles. The molecule has 1 aliphatic heterocycles. The third-order valence-electron chi connectivity index (χ3n) is 3.21. The van der Waals surface area contributed by atoms with Gasteiger partial charge in [-0.3, -0.25) is 4.79 Å². The minimum absolute atomic E-state index is 0.190. The molecule has 1 aromatic heterocycles. The number of carbonyl (C=O) groups excluding carboxylic acids is 1. The Labute approximate surface area is 121 Å². The van der Waals surface area contributed by atoms with E-state index in [-0.39, 0.29) is 5.91 Å². The van der Waals surface area contributed by atoms with E-state index in [4.69, 9.17) is 9.36 Å². The summed E-state index contributed by atoms with van der Waals surface area (Å²) in [5, 5.41) is 10.5. The molecule has 6 nitrogen and oxygen atoms in total. The Kier molecular flexibility index (Phi) is 3.95. The molecule has 21 heavy (non-hydrogen) atoms. The quantitative estimate of drug-likeness (QED) is 0.906. The lowest BCUT2D eigenvalue weighted by Crippen LogP contribution is -2.34. The molecule has 2 heterocycles. The zero-order valence-corrected chi connectivity index (χ0v) is 11.4. The second-order valence-electron chi connectivity index (χ2n) is 4.83. The highest BCUT2D eigenvalue weighted by molar-refractivity contribution is 5.93. The number of benzene rings is 1. The number of hydrogen-bond donors (Lipinski definition) is 1. The summed E-state index contributed by atoms with van der Waals surface area (Å²) in [6, 6.07) is 11.7. The van der Waals surface area contributed by atoms with Crippen molar-refractivity contribution in [2.75, 3.05) is 0 Å². The lowest BCUT2D eigenvalue weighted by atomic mass is 10.0. The van der Waals surface area contributed by atoms with Crippen LogP contribution in [0.15, 0.2) is 52.3 Å². The first kappa shape index (κ1) is 13.4. The summed E-state index contributed by atoms with van der Waals surface area (Å²) >= 11 is 0. The molecule has 0 fully saturated rings. The molecule has 3 rings (SSSR count). The minimum Gasteiger partial charge on any atom is -0.382 e. The van der Waals surface area contributed by atoms with Gasteiger partial charge >= 0.3 is 0 Å². The molecule has 0 saturated carbocycles. The molecule has 1 N–H and O–H groups in total. The van der Waals surface area contributed by atoms with Crippen LogP contribution < -0.4 is 5.32 Å². The van der Waals surface area contributed by atoms with Crippen LogP contribution in [0.1, 0.15) is 17.7 Å². The van der Waals surface area contributed by atoms with Crippen LogP contribution in [-0.4, -0.2) is 22.9 Å². The summed E-state index contributed by atoms with van der Waals surface area (Å²) in [7, 11) is 0. The van der Waals surface area contributed by atoms with E-state index in [0.29, 0.717) is 25.1 Å². The van der Waals surface area contributed by atoms with Gasteiger partial charge in [0.1, 0.15) is 12.0 Å². The van der Waals surface area contributed by atoms with Crippen molar-refractivity contribution in [3.8, 4) is 0 Å². The molecule has 1 atom stereocenters. The smallest absolute Gasteiger partial charge is 0.264 e. The number of rotatable bonds is 5. The van der Waals surface area contributed by atoms with Gasteiger partial charge in [-0.25, -0.2) is 0 Å². The molecule has 2 aromatic rings. The second-order valence-corrected chi connectivity index (χ2v) is 4.83. The molecular formula is C15H15N3O3. The van der Waals surface area contributed by atoms with E-state index in [1.807, 2.05) is 30.3 Å². The fraction of sp³-hybridized carbons (Fsp3) is 0.267. The fourth-order valence-electron chi connectivity index (χ4n) is 2.12. The van der Waals surface area contributed by atoms with Crippen LogP contribution in [0.3, 0.4) is 0 Å². The van der Waals surface area contributed by atoms with Crippen LogP contribution in [0.5, 0.6) is 0 Å². The van der Waals surface area contributed by atoms with E-state index in [0.717, 1.165) is 11.3 Å². The van der Waals surface area contributed by atoms with Gasteiger partial charge in [0.05, 0.1) is 12.3 Å². The van der Waals surface area contributed by atoms with Crippen molar-refractivity contribution < 1.29 is 14.2 Å². The van der Waals surface area contributed by atoms with Gasteiger partial charge in [0, 0.05) is 18.9 Å². The van der Waals surface area contributed by atoms with Gasteiger partial charge < -0.3 is 14.7 Å². The van der Waals surface area contributed by atoms with E-state index < -0.39 is 6.10 Å². The first-order chi connectivity index (χ1) is 10.3. The summed E-state index contributed by atoms with van der Waals surface area (Å²) in [6.07, 6.45) is 2.12. The summed E-state index contributed by atoms with van der Waals surface area (Å²) in [6.45, 7) is 0.323. The van der Waals surface area contributed by atoms with Crippen molar-refractivity contribution in [2.24, 2.45) is 5.16 Å². The van der Waals surface area contributed by atoms with E-state index >= 15 is 0 Å². The molecule has 6 heteroatoms. The maximum atomic E-state index is 12.0. The highest BCUT2D eigenvalue weighted by Crippen LogP contribution is 2.14. The molecule has 0 bridgehead atoms. The van der Waals surface area contributed by atoms with Crippen molar-refractivity contribution in [3.63, 3.8) is 0 Å². The van der Waals surface area contributed by atoms with Crippen LogP contribution in [0, 0.1) is 0 Å². The topological polar surface area (TPSA) is 76.7 Å². The summed E-state index contributed by atoms with van der Waals surface area (Å²) in [4.78, 5) is 17.2. The SMILES string of the molecule is O=C(NCc1ccon1)C1CC(Cc2ccccc2)=NO1. The predicted molar refractivity (Wildman–Crippen MR) is 75.4 cm³/mol. The summed E-state index contributed by atoms with van der Waals surface area (Å²) < 4.78 is 4.70. The lowest BCUT2D eigenvalue weighted by Gasteiger charge is -2.07. The van der Waals surface area contributed by atoms with Gasteiger partial charge in [0.15, 0.2) is 0 Å². The summed E-state index contributed by atoms with van der Waals surface area (Å²) in [5.41, 5.74) is 2.71. The minimum atomic E-state index is -0.560. The molecule has 0 saturated heterocycles. The zero-order chi connectivity index (χ0) is 14.5. The molecule has 1 unspecified atom stereocenters. The molecular weight excluding hydrogens is 270 g/mol. The maximum Gasteiger partial charge on any atom is 0.264 e. The Morgan fingerprint density at radius 2 is 2.14 bits per heavy atom. The Morgan fingerprint density at radius 1 is 1.29 bits per heavy atom. The van der Waals surface area contributed by atoms with Gasteiger partial charge in [0.25, 0.3) is 5.91 Å². The Hall–Kier alpha value is -2.63. The van der Waals surface area contributed by atoms with Crippen LogP contribution in [0.2, 0.25) is 0 Å². The third-order valence-corrected chi connectivity index (χ3v) is 3.21. The van der Waals surface area contributed by atoms with Gasteiger partial charge in [-0.1, -0.05) is 40.6 Å². The Balaban J connectivity index is 1.48.